The molecule has 100 valence electrons. The summed E-state index contributed by atoms with van der Waals surface area (Å²) in [4.78, 5) is 0. The van der Waals surface area contributed by atoms with Gasteiger partial charge in [0.25, 0.3) is 0 Å². The molecule has 0 aromatic carbocycles. The van der Waals surface area contributed by atoms with Crippen LogP contribution in [-0.2, 0) is 0 Å². The van der Waals surface area contributed by atoms with Gasteiger partial charge in [0, 0.05) is 0 Å². The lowest BCUT2D eigenvalue weighted by molar-refractivity contribution is 0.353. The summed E-state index contributed by atoms with van der Waals surface area (Å²) in [7, 11) is 0. The van der Waals surface area contributed by atoms with E-state index in [9.17, 15) is 0 Å². The van der Waals surface area contributed by atoms with E-state index in [1.165, 1.54) is 31.3 Å². The smallest absolute Gasteiger partial charge is 0.0256 e. The lowest BCUT2D eigenvalue weighted by Crippen LogP contribution is -2.06. The summed E-state index contributed by atoms with van der Waals surface area (Å²) in [5.74, 6) is 2.45. The van der Waals surface area contributed by atoms with Crippen LogP contribution in [0.3, 0.4) is 0 Å². The molecule has 0 rings (SSSR count). The fourth-order valence-electron chi connectivity index (χ4n) is 2.54. The Labute approximate surface area is 109 Å². The highest BCUT2D eigenvalue weighted by Crippen LogP contribution is 2.22. The molecule has 3 unspecified atom stereocenters. The van der Waals surface area contributed by atoms with Crippen LogP contribution in [0.15, 0.2) is 23.8 Å². The molecule has 0 fully saturated rings. The van der Waals surface area contributed by atoms with Crippen LogP contribution in [-0.4, -0.2) is 0 Å². The third-order valence-electron chi connectivity index (χ3n) is 3.23. The number of hydrogen-bond acceptors (Lipinski definition) is 0. The second-order valence-electron chi connectivity index (χ2n) is 6.08. The Hall–Kier alpha value is -0.520. The first-order valence-electron chi connectivity index (χ1n) is 7.27. The lowest BCUT2D eigenvalue weighted by atomic mass is 9.88. The summed E-state index contributed by atoms with van der Waals surface area (Å²) < 4.78 is 0. The summed E-state index contributed by atoms with van der Waals surface area (Å²) in [5, 5.41) is 0. The van der Waals surface area contributed by atoms with Gasteiger partial charge in [-0.05, 0) is 44.4 Å². The molecular formula is C17H32. The molecule has 0 aromatic heterocycles. The predicted octanol–water partition coefficient (Wildman–Crippen LogP) is 6.00. The highest BCUT2D eigenvalue weighted by molar-refractivity contribution is 5.09. The van der Waals surface area contributed by atoms with Crippen molar-refractivity contribution in [1.29, 1.82) is 0 Å². The summed E-state index contributed by atoms with van der Waals surface area (Å²) in [6, 6.07) is 0. The molecule has 0 heteroatoms. The predicted molar refractivity (Wildman–Crippen MR) is 80.2 cm³/mol. The standard InChI is InChI=1S/C17H32/c1-7-9-15(4)12-17(6)13-16(5)11-8-10-14(2)3/h8,10-11,15-17H,7,9,12-13H2,1-6H3/b11-8+. The third kappa shape index (κ3) is 10.4. The molecule has 0 aliphatic carbocycles. The van der Waals surface area contributed by atoms with Crippen molar-refractivity contribution in [2.75, 3.05) is 0 Å². The topological polar surface area (TPSA) is 0 Å². The van der Waals surface area contributed by atoms with Gasteiger partial charge in [-0.3, -0.25) is 0 Å². The number of rotatable bonds is 8. The van der Waals surface area contributed by atoms with Gasteiger partial charge in [-0.25, -0.2) is 0 Å². The van der Waals surface area contributed by atoms with Crippen molar-refractivity contribution in [2.24, 2.45) is 17.8 Å². The molecule has 0 aliphatic heterocycles. The van der Waals surface area contributed by atoms with E-state index in [1.54, 1.807) is 0 Å². The molecule has 0 saturated carbocycles. The average Bonchev–Trinajstić information content (AvgIpc) is 2.16. The maximum Gasteiger partial charge on any atom is -0.0256 e. The van der Waals surface area contributed by atoms with E-state index in [-0.39, 0.29) is 0 Å². The van der Waals surface area contributed by atoms with Gasteiger partial charge in [0.05, 0.1) is 0 Å². The van der Waals surface area contributed by atoms with Crippen molar-refractivity contribution in [2.45, 2.75) is 67.2 Å². The van der Waals surface area contributed by atoms with Gasteiger partial charge in [0.1, 0.15) is 0 Å². The van der Waals surface area contributed by atoms with E-state index >= 15 is 0 Å². The van der Waals surface area contributed by atoms with Crippen molar-refractivity contribution in [1.82, 2.24) is 0 Å². The fourth-order valence-corrected chi connectivity index (χ4v) is 2.54. The highest BCUT2D eigenvalue weighted by Gasteiger charge is 2.10. The molecule has 0 aliphatic rings. The van der Waals surface area contributed by atoms with Gasteiger partial charge >= 0.3 is 0 Å². The van der Waals surface area contributed by atoms with Crippen LogP contribution in [0.5, 0.6) is 0 Å². The van der Waals surface area contributed by atoms with Gasteiger partial charge in [0.15, 0.2) is 0 Å². The lowest BCUT2D eigenvalue weighted by Gasteiger charge is -2.18. The monoisotopic (exact) mass is 236 g/mol. The Morgan fingerprint density at radius 1 is 1.00 bits per heavy atom. The summed E-state index contributed by atoms with van der Waals surface area (Å²) in [6.07, 6.45) is 12.2. The Bertz CT molecular complexity index is 230. The minimum atomic E-state index is 0.703. The van der Waals surface area contributed by atoms with Crippen molar-refractivity contribution in [3.8, 4) is 0 Å². The van der Waals surface area contributed by atoms with Crippen molar-refractivity contribution in [3.63, 3.8) is 0 Å². The highest BCUT2D eigenvalue weighted by atomic mass is 14.2. The van der Waals surface area contributed by atoms with Crippen molar-refractivity contribution >= 4 is 0 Å². The first kappa shape index (κ1) is 16.5. The second kappa shape index (κ2) is 9.50. The zero-order valence-corrected chi connectivity index (χ0v) is 12.8. The average molecular weight is 236 g/mol. The van der Waals surface area contributed by atoms with Gasteiger partial charge in [-0.15, -0.1) is 0 Å². The molecule has 0 amide bonds. The Morgan fingerprint density at radius 2 is 1.65 bits per heavy atom. The van der Waals surface area contributed by atoms with Crippen LogP contribution in [0.4, 0.5) is 0 Å². The van der Waals surface area contributed by atoms with Crippen molar-refractivity contribution in [3.05, 3.63) is 23.8 Å². The SMILES string of the molecule is CCCC(C)CC(C)CC(C)/C=C/C=C(C)C. The van der Waals surface area contributed by atoms with Gasteiger partial charge in [-0.2, -0.15) is 0 Å². The van der Waals surface area contributed by atoms with E-state index in [0.717, 1.165) is 11.8 Å². The molecule has 0 radical (unpaired) electrons. The van der Waals surface area contributed by atoms with Crippen LogP contribution >= 0.6 is 0 Å². The molecule has 0 aromatic rings. The summed E-state index contributed by atoms with van der Waals surface area (Å²) in [6.45, 7) is 13.7. The van der Waals surface area contributed by atoms with Crippen LogP contribution in [0.25, 0.3) is 0 Å². The summed E-state index contributed by atoms with van der Waals surface area (Å²) in [5.41, 5.74) is 1.37. The zero-order chi connectivity index (χ0) is 13.3. The molecule has 17 heavy (non-hydrogen) atoms. The molecule has 0 spiro atoms. The molecule has 0 bridgehead atoms. The first-order chi connectivity index (χ1) is 7.95. The van der Waals surface area contributed by atoms with Gasteiger partial charge < -0.3 is 0 Å². The molecule has 0 N–H and O–H groups in total. The van der Waals surface area contributed by atoms with Crippen LogP contribution < -0.4 is 0 Å². The number of allylic oxidation sites excluding steroid dienone is 4. The minimum absolute atomic E-state index is 0.703. The first-order valence-corrected chi connectivity index (χ1v) is 7.27. The molecule has 0 heterocycles. The van der Waals surface area contributed by atoms with E-state index in [0.29, 0.717) is 5.92 Å². The van der Waals surface area contributed by atoms with Crippen LogP contribution in [0, 0.1) is 17.8 Å². The van der Waals surface area contributed by atoms with Crippen LogP contribution in [0.1, 0.15) is 67.2 Å². The minimum Gasteiger partial charge on any atom is -0.0817 e. The second-order valence-corrected chi connectivity index (χ2v) is 6.08. The van der Waals surface area contributed by atoms with Gasteiger partial charge in [0.2, 0.25) is 0 Å². The zero-order valence-electron chi connectivity index (χ0n) is 12.8. The maximum atomic E-state index is 2.40. The quantitative estimate of drug-likeness (QED) is 0.454. The van der Waals surface area contributed by atoms with E-state index < -0.39 is 0 Å². The molecule has 0 nitrogen and oxygen atoms in total. The molecular weight excluding hydrogens is 204 g/mol. The molecule has 3 atom stereocenters. The van der Waals surface area contributed by atoms with E-state index in [2.05, 4.69) is 59.8 Å². The largest absolute Gasteiger partial charge is 0.0817 e. The normalized spacial score (nSPS) is 16.8. The number of hydrogen-bond donors (Lipinski definition) is 0. The maximum absolute atomic E-state index is 2.40. The Morgan fingerprint density at radius 3 is 2.18 bits per heavy atom. The summed E-state index contributed by atoms with van der Waals surface area (Å²) >= 11 is 0. The Balaban J connectivity index is 3.90. The third-order valence-corrected chi connectivity index (χ3v) is 3.23. The van der Waals surface area contributed by atoms with Crippen molar-refractivity contribution < 1.29 is 0 Å². The molecule has 0 saturated heterocycles. The Kier molecular flexibility index (Phi) is 9.21. The van der Waals surface area contributed by atoms with E-state index in [4.69, 9.17) is 0 Å². The van der Waals surface area contributed by atoms with Gasteiger partial charge in [-0.1, -0.05) is 64.3 Å². The van der Waals surface area contributed by atoms with Crippen LogP contribution in [0.2, 0.25) is 0 Å². The fraction of sp³-hybridized carbons (Fsp3) is 0.765. The van der Waals surface area contributed by atoms with E-state index in [1.807, 2.05) is 0 Å².